The lowest BCUT2D eigenvalue weighted by atomic mass is 9.90. The van der Waals surface area contributed by atoms with Crippen LogP contribution < -0.4 is 4.74 Å². The first-order valence-electron chi connectivity index (χ1n) is 11.4. The van der Waals surface area contributed by atoms with Crippen molar-refractivity contribution in [3.05, 3.63) is 94.3 Å². The summed E-state index contributed by atoms with van der Waals surface area (Å²) in [6.45, 7) is 3.30. The van der Waals surface area contributed by atoms with Crippen LogP contribution in [0.1, 0.15) is 42.9 Å². The molecule has 0 radical (unpaired) electrons. The minimum absolute atomic E-state index is 0.0514. The van der Waals surface area contributed by atoms with E-state index < -0.39 is 29.1 Å². The second-order valence-electron chi connectivity index (χ2n) is 8.47. The van der Waals surface area contributed by atoms with Gasteiger partial charge in [-0.3, -0.25) is 0 Å². The molecule has 0 saturated carbocycles. The zero-order valence-corrected chi connectivity index (χ0v) is 19.4. The average Bonchev–Trinajstić information content (AvgIpc) is 2.85. The Bertz CT molecular complexity index is 1270. The first-order valence-corrected chi connectivity index (χ1v) is 11.4. The molecule has 0 saturated heterocycles. The number of benzene rings is 3. The van der Waals surface area contributed by atoms with Crippen molar-refractivity contribution in [1.82, 2.24) is 0 Å². The van der Waals surface area contributed by atoms with Crippen LogP contribution in [0.3, 0.4) is 0 Å². The van der Waals surface area contributed by atoms with Crippen molar-refractivity contribution < 1.29 is 31.4 Å². The molecule has 0 N–H and O–H groups in total. The van der Waals surface area contributed by atoms with Crippen LogP contribution >= 0.6 is 0 Å². The van der Waals surface area contributed by atoms with Crippen molar-refractivity contribution in [1.29, 1.82) is 0 Å². The van der Waals surface area contributed by atoms with E-state index in [2.05, 4.69) is 0 Å². The van der Waals surface area contributed by atoms with Crippen molar-refractivity contribution in [2.75, 3.05) is 6.61 Å². The van der Waals surface area contributed by atoms with Crippen LogP contribution in [0.5, 0.6) is 5.75 Å². The van der Waals surface area contributed by atoms with E-state index in [1.165, 1.54) is 37.3 Å². The van der Waals surface area contributed by atoms with Gasteiger partial charge in [-0.05, 0) is 68.0 Å². The maximum Gasteiger partial charge on any atom is 0.201 e. The maximum absolute atomic E-state index is 14.9. The fourth-order valence-corrected chi connectivity index (χ4v) is 4.18. The van der Waals surface area contributed by atoms with Crippen molar-refractivity contribution >= 4 is 5.57 Å². The van der Waals surface area contributed by atoms with Gasteiger partial charge >= 0.3 is 0 Å². The highest BCUT2D eigenvalue weighted by Gasteiger charge is 2.21. The summed E-state index contributed by atoms with van der Waals surface area (Å²) in [7, 11) is 0. The molecule has 184 valence electrons. The number of allylic oxidation sites excluding steroid dienone is 1. The summed E-state index contributed by atoms with van der Waals surface area (Å²) < 4.78 is 82.3. The quantitative estimate of drug-likeness (QED) is 0.315. The molecule has 0 fully saturated rings. The van der Waals surface area contributed by atoms with Gasteiger partial charge in [0.15, 0.2) is 23.2 Å². The SMILES string of the molecule is CCOc1ccc(-c2ccc(C3=CCC(OCc4ccc(C)c(F)c4F)CC3)c(F)c2)c(F)c1F. The van der Waals surface area contributed by atoms with E-state index in [-0.39, 0.29) is 47.3 Å². The number of halogens is 5. The summed E-state index contributed by atoms with van der Waals surface area (Å²) in [6, 6.07) is 9.99. The van der Waals surface area contributed by atoms with Crippen LogP contribution in [0.4, 0.5) is 22.0 Å². The van der Waals surface area contributed by atoms with Crippen molar-refractivity contribution in [3.8, 4) is 16.9 Å². The second-order valence-corrected chi connectivity index (χ2v) is 8.47. The highest BCUT2D eigenvalue weighted by Crippen LogP contribution is 2.34. The molecule has 0 amide bonds. The van der Waals surface area contributed by atoms with Crippen LogP contribution in [-0.2, 0) is 11.3 Å². The zero-order valence-electron chi connectivity index (χ0n) is 19.4. The van der Waals surface area contributed by atoms with Crippen LogP contribution in [0, 0.1) is 36.0 Å². The molecule has 35 heavy (non-hydrogen) atoms. The van der Waals surface area contributed by atoms with Gasteiger partial charge in [0.25, 0.3) is 0 Å². The standard InChI is InChI=1S/C28H25F5O2/c1-3-34-24-13-12-22(27(32)28(24)33)18-8-11-21(23(29)14-18)17-6-9-20(10-7-17)35-15-19-5-4-16(2)25(30)26(19)31/h4-6,8,11-14,20H,3,7,9-10,15H2,1-2H3. The van der Waals surface area contributed by atoms with E-state index in [0.717, 1.165) is 5.57 Å². The molecular formula is C28H25F5O2. The Balaban J connectivity index is 1.45. The largest absolute Gasteiger partial charge is 0.491 e. The van der Waals surface area contributed by atoms with E-state index in [0.29, 0.717) is 24.8 Å². The lowest BCUT2D eigenvalue weighted by Crippen LogP contribution is -2.16. The van der Waals surface area contributed by atoms with E-state index in [9.17, 15) is 22.0 Å². The van der Waals surface area contributed by atoms with E-state index >= 15 is 0 Å². The number of hydrogen-bond donors (Lipinski definition) is 0. The van der Waals surface area contributed by atoms with Gasteiger partial charge in [0, 0.05) is 16.7 Å². The Hall–Kier alpha value is -3.19. The van der Waals surface area contributed by atoms with Gasteiger partial charge in [0.1, 0.15) is 5.82 Å². The fourth-order valence-electron chi connectivity index (χ4n) is 4.18. The predicted molar refractivity (Wildman–Crippen MR) is 124 cm³/mol. The van der Waals surface area contributed by atoms with Gasteiger partial charge in [-0.2, -0.15) is 4.39 Å². The zero-order chi connectivity index (χ0) is 25.1. The number of aryl methyl sites for hydroxylation is 1. The highest BCUT2D eigenvalue weighted by molar-refractivity contribution is 5.72. The lowest BCUT2D eigenvalue weighted by molar-refractivity contribution is 0.0342. The minimum Gasteiger partial charge on any atom is -0.491 e. The Labute approximate surface area is 201 Å². The van der Waals surface area contributed by atoms with Gasteiger partial charge in [0.2, 0.25) is 5.82 Å². The molecule has 0 aliphatic heterocycles. The number of hydrogen-bond acceptors (Lipinski definition) is 2. The number of rotatable bonds is 7. The van der Waals surface area contributed by atoms with E-state index in [1.54, 1.807) is 19.1 Å². The summed E-state index contributed by atoms with van der Waals surface area (Å²) in [6.07, 6.45) is 3.26. The molecule has 4 rings (SSSR count). The van der Waals surface area contributed by atoms with Crippen molar-refractivity contribution in [2.45, 2.75) is 45.8 Å². The third-order valence-corrected chi connectivity index (χ3v) is 6.17. The third-order valence-electron chi connectivity index (χ3n) is 6.17. The van der Waals surface area contributed by atoms with Gasteiger partial charge in [-0.15, -0.1) is 0 Å². The molecule has 2 nitrogen and oxygen atoms in total. The second kappa shape index (κ2) is 10.6. The topological polar surface area (TPSA) is 18.5 Å². The summed E-state index contributed by atoms with van der Waals surface area (Å²) in [4.78, 5) is 0. The average molecular weight is 488 g/mol. The first-order chi connectivity index (χ1) is 16.8. The van der Waals surface area contributed by atoms with E-state index in [1.807, 2.05) is 6.08 Å². The summed E-state index contributed by atoms with van der Waals surface area (Å²) in [5.74, 6) is -4.70. The normalized spacial score (nSPS) is 15.7. The Morgan fingerprint density at radius 3 is 2.31 bits per heavy atom. The van der Waals surface area contributed by atoms with Crippen LogP contribution in [0.15, 0.2) is 48.5 Å². The smallest absolute Gasteiger partial charge is 0.201 e. The fraction of sp³-hybridized carbons (Fsp3) is 0.286. The highest BCUT2D eigenvalue weighted by atomic mass is 19.2. The van der Waals surface area contributed by atoms with Gasteiger partial charge < -0.3 is 9.47 Å². The molecule has 3 aromatic rings. The Morgan fingerprint density at radius 2 is 1.63 bits per heavy atom. The van der Waals surface area contributed by atoms with Crippen molar-refractivity contribution in [2.24, 2.45) is 0 Å². The Morgan fingerprint density at radius 1 is 0.857 bits per heavy atom. The summed E-state index contributed by atoms with van der Waals surface area (Å²) >= 11 is 0. The molecule has 1 aliphatic rings. The maximum atomic E-state index is 14.9. The molecule has 0 aromatic heterocycles. The van der Waals surface area contributed by atoms with Gasteiger partial charge in [-0.25, -0.2) is 17.6 Å². The third kappa shape index (κ3) is 5.25. The van der Waals surface area contributed by atoms with Crippen LogP contribution in [-0.4, -0.2) is 12.7 Å². The molecule has 1 aliphatic carbocycles. The van der Waals surface area contributed by atoms with Gasteiger partial charge in [0.05, 0.1) is 19.3 Å². The van der Waals surface area contributed by atoms with Crippen molar-refractivity contribution in [3.63, 3.8) is 0 Å². The van der Waals surface area contributed by atoms with Crippen LogP contribution in [0.2, 0.25) is 0 Å². The molecular weight excluding hydrogens is 463 g/mol. The molecule has 1 atom stereocenters. The molecule has 0 spiro atoms. The molecule has 7 heteroatoms. The molecule has 0 bridgehead atoms. The lowest BCUT2D eigenvalue weighted by Gasteiger charge is -2.23. The van der Waals surface area contributed by atoms with E-state index in [4.69, 9.17) is 9.47 Å². The summed E-state index contributed by atoms with van der Waals surface area (Å²) in [5, 5.41) is 0. The Kier molecular flexibility index (Phi) is 7.55. The molecule has 3 aromatic carbocycles. The van der Waals surface area contributed by atoms with Gasteiger partial charge in [-0.1, -0.05) is 30.3 Å². The molecule has 1 unspecified atom stereocenters. The minimum atomic E-state index is -1.11. The predicted octanol–water partition coefficient (Wildman–Crippen LogP) is 7.91. The summed E-state index contributed by atoms with van der Waals surface area (Å²) in [5.41, 5.74) is 1.71. The van der Waals surface area contributed by atoms with Crippen LogP contribution in [0.25, 0.3) is 16.7 Å². The molecule has 0 heterocycles. The monoisotopic (exact) mass is 488 g/mol. The first kappa shape index (κ1) is 24.9. The number of ether oxygens (including phenoxy) is 2.